The van der Waals surface area contributed by atoms with Crippen molar-refractivity contribution in [3.05, 3.63) is 40.9 Å². The van der Waals surface area contributed by atoms with Crippen LogP contribution in [-0.2, 0) is 0 Å². The van der Waals surface area contributed by atoms with Crippen LogP contribution in [0.5, 0.6) is 0 Å². The van der Waals surface area contributed by atoms with Gasteiger partial charge in [-0.1, -0.05) is 45.0 Å². The fourth-order valence-electron chi connectivity index (χ4n) is 5.13. The van der Waals surface area contributed by atoms with E-state index in [2.05, 4.69) is 31.1 Å². The third-order valence-electron chi connectivity index (χ3n) is 7.37. The topological polar surface area (TPSA) is 59.1 Å². The molecular weight excluding hydrogens is 356 g/mol. The summed E-state index contributed by atoms with van der Waals surface area (Å²) in [4.78, 5) is 29.3. The van der Waals surface area contributed by atoms with Gasteiger partial charge in [-0.05, 0) is 42.9 Å². The number of Topliss-reactive ketones (excluding diaryl/α,β-unsaturated/α-hetero) is 1. The van der Waals surface area contributed by atoms with Crippen LogP contribution in [0.15, 0.2) is 29.6 Å². The number of hydrogen-bond acceptors (Lipinski definition) is 4. The molecular formula is C22H26N2O2S. The minimum atomic E-state index is -0.104. The molecule has 2 bridgehead atoms. The lowest BCUT2D eigenvalue weighted by molar-refractivity contribution is 0.0822. The van der Waals surface area contributed by atoms with Crippen LogP contribution in [0.1, 0.15) is 67.8 Å². The van der Waals surface area contributed by atoms with E-state index in [1.54, 1.807) is 18.4 Å². The van der Waals surface area contributed by atoms with Gasteiger partial charge in [0, 0.05) is 22.5 Å². The molecule has 2 aromatic rings. The minimum Gasteiger partial charge on any atom is -0.347 e. The van der Waals surface area contributed by atoms with Crippen molar-refractivity contribution in [1.82, 2.24) is 10.3 Å². The first-order valence-corrected chi connectivity index (χ1v) is 10.5. The predicted octanol–water partition coefficient (Wildman–Crippen LogP) is 4.96. The molecule has 4 nitrogen and oxygen atoms in total. The highest BCUT2D eigenvalue weighted by atomic mass is 32.1. The molecule has 5 heteroatoms. The quantitative estimate of drug-likeness (QED) is 0.761. The fraction of sp³-hybridized carbons (Fsp3) is 0.500. The van der Waals surface area contributed by atoms with E-state index in [1.807, 2.05) is 18.2 Å². The van der Waals surface area contributed by atoms with Crippen LogP contribution < -0.4 is 5.32 Å². The van der Waals surface area contributed by atoms with Crippen LogP contribution in [0.4, 0.5) is 0 Å². The van der Waals surface area contributed by atoms with Gasteiger partial charge in [0.05, 0.1) is 0 Å². The van der Waals surface area contributed by atoms with E-state index < -0.39 is 0 Å². The van der Waals surface area contributed by atoms with E-state index >= 15 is 0 Å². The molecule has 2 aliphatic carbocycles. The van der Waals surface area contributed by atoms with Gasteiger partial charge in [0.1, 0.15) is 10.7 Å². The number of benzene rings is 1. The van der Waals surface area contributed by atoms with E-state index in [0.29, 0.717) is 22.2 Å². The fourth-order valence-corrected chi connectivity index (χ4v) is 5.97. The third kappa shape index (κ3) is 2.75. The average Bonchev–Trinajstić information content (AvgIpc) is 3.25. The summed E-state index contributed by atoms with van der Waals surface area (Å²) < 4.78 is 0. The minimum absolute atomic E-state index is 0.00365. The predicted molar refractivity (Wildman–Crippen MR) is 108 cm³/mol. The maximum Gasteiger partial charge on any atom is 0.271 e. The Kier molecular flexibility index (Phi) is 4.26. The van der Waals surface area contributed by atoms with E-state index in [4.69, 9.17) is 0 Å². The molecule has 142 valence electrons. The molecule has 0 aliphatic heterocycles. The second-order valence-electron chi connectivity index (χ2n) is 8.78. The smallest absolute Gasteiger partial charge is 0.271 e. The Morgan fingerprint density at radius 3 is 2.59 bits per heavy atom. The summed E-state index contributed by atoms with van der Waals surface area (Å²) in [6.07, 6.45) is 3.49. The van der Waals surface area contributed by atoms with E-state index in [1.165, 1.54) is 24.2 Å². The van der Waals surface area contributed by atoms with Crippen LogP contribution in [0.3, 0.4) is 0 Å². The van der Waals surface area contributed by atoms with Crippen molar-refractivity contribution in [2.75, 3.05) is 0 Å². The van der Waals surface area contributed by atoms with Gasteiger partial charge in [-0.15, -0.1) is 11.3 Å². The molecule has 1 unspecified atom stereocenters. The molecule has 1 aromatic heterocycles. The van der Waals surface area contributed by atoms with Crippen molar-refractivity contribution >= 4 is 23.0 Å². The van der Waals surface area contributed by atoms with E-state index in [9.17, 15) is 9.59 Å². The summed E-state index contributed by atoms with van der Waals surface area (Å²) in [5.41, 5.74) is 2.28. The van der Waals surface area contributed by atoms with Gasteiger partial charge in [0.15, 0.2) is 5.78 Å². The molecule has 1 aromatic carbocycles. The molecule has 0 spiro atoms. The Hall–Kier alpha value is -2.01. The first-order chi connectivity index (χ1) is 12.7. The second-order valence-corrected chi connectivity index (χ2v) is 9.63. The SMILES string of the molecule is CC(=O)c1ccccc1-c1nc(C(=O)NC2C[C@H]3CC[C@]2(C)C3(C)C)cs1. The van der Waals surface area contributed by atoms with Gasteiger partial charge < -0.3 is 5.32 Å². The lowest BCUT2D eigenvalue weighted by Gasteiger charge is -2.39. The first kappa shape index (κ1) is 18.4. The second kappa shape index (κ2) is 6.26. The lowest BCUT2D eigenvalue weighted by atomic mass is 9.69. The molecule has 27 heavy (non-hydrogen) atoms. The number of fused-ring (bicyclic) bond motifs is 2. The zero-order chi connectivity index (χ0) is 19.4. The molecule has 3 atom stereocenters. The van der Waals surface area contributed by atoms with Crippen molar-refractivity contribution in [3.63, 3.8) is 0 Å². The molecule has 2 aliphatic rings. The molecule has 1 heterocycles. The summed E-state index contributed by atoms with van der Waals surface area (Å²) in [6, 6.07) is 7.63. The van der Waals surface area contributed by atoms with Crippen molar-refractivity contribution in [2.45, 2.75) is 53.0 Å². The van der Waals surface area contributed by atoms with E-state index in [0.717, 1.165) is 12.0 Å². The zero-order valence-electron chi connectivity index (χ0n) is 16.3. The number of thiazole rings is 1. The average molecular weight is 383 g/mol. The maximum atomic E-state index is 12.9. The molecule has 4 rings (SSSR count). The normalized spacial score (nSPS) is 28.3. The standard InChI is InChI=1S/C22H26N2O2S/c1-13(25)15-7-5-6-8-16(15)20-23-17(12-27-20)19(26)24-18-11-14-9-10-22(18,4)21(14,2)3/h5-8,12,14,18H,9-11H2,1-4H3,(H,24,26)/t14-,18?,22+/m1/s1. The van der Waals surface area contributed by atoms with Crippen LogP contribution >= 0.6 is 11.3 Å². The van der Waals surface area contributed by atoms with Crippen molar-refractivity contribution in [1.29, 1.82) is 0 Å². The molecule has 2 fully saturated rings. The summed E-state index contributed by atoms with van der Waals surface area (Å²) in [6.45, 7) is 8.56. The molecule has 0 radical (unpaired) electrons. The zero-order valence-corrected chi connectivity index (χ0v) is 17.2. The Balaban J connectivity index is 1.55. The van der Waals surface area contributed by atoms with Crippen molar-refractivity contribution < 1.29 is 9.59 Å². The summed E-state index contributed by atoms with van der Waals surface area (Å²) in [7, 11) is 0. The molecule has 0 saturated heterocycles. The molecule has 1 amide bonds. The Bertz CT molecular complexity index is 917. The number of ketones is 1. The van der Waals surface area contributed by atoms with Crippen LogP contribution in [0, 0.1) is 16.7 Å². The Morgan fingerprint density at radius 1 is 1.22 bits per heavy atom. The van der Waals surface area contributed by atoms with Gasteiger partial charge in [-0.25, -0.2) is 4.98 Å². The first-order valence-electron chi connectivity index (χ1n) is 9.61. The highest BCUT2D eigenvalue weighted by Crippen LogP contribution is 2.65. The Morgan fingerprint density at radius 2 is 1.96 bits per heavy atom. The molecule has 2 saturated carbocycles. The van der Waals surface area contributed by atoms with Gasteiger partial charge in [0.2, 0.25) is 0 Å². The highest BCUT2D eigenvalue weighted by Gasteiger charge is 2.61. The van der Waals surface area contributed by atoms with E-state index in [-0.39, 0.29) is 28.6 Å². The highest BCUT2D eigenvalue weighted by molar-refractivity contribution is 7.13. The number of carbonyl (C=O) groups is 2. The Labute approximate surface area is 164 Å². The number of nitrogens with one attached hydrogen (secondary N) is 1. The molecule has 1 N–H and O–H groups in total. The van der Waals surface area contributed by atoms with Gasteiger partial charge in [0.25, 0.3) is 5.91 Å². The summed E-state index contributed by atoms with van der Waals surface area (Å²) in [5.74, 6) is 0.581. The number of amides is 1. The van der Waals surface area contributed by atoms with Crippen LogP contribution in [-0.4, -0.2) is 22.7 Å². The van der Waals surface area contributed by atoms with Crippen molar-refractivity contribution in [2.24, 2.45) is 16.7 Å². The largest absolute Gasteiger partial charge is 0.347 e. The lowest BCUT2D eigenvalue weighted by Crippen LogP contribution is -2.46. The van der Waals surface area contributed by atoms with Gasteiger partial charge >= 0.3 is 0 Å². The summed E-state index contributed by atoms with van der Waals surface area (Å²) in [5, 5.41) is 5.77. The number of carbonyl (C=O) groups excluding carboxylic acids is 2. The maximum absolute atomic E-state index is 12.9. The van der Waals surface area contributed by atoms with Gasteiger partial charge in [-0.2, -0.15) is 0 Å². The van der Waals surface area contributed by atoms with Crippen molar-refractivity contribution in [3.8, 4) is 10.6 Å². The number of hydrogen-bond donors (Lipinski definition) is 1. The summed E-state index contributed by atoms with van der Waals surface area (Å²) >= 11 is 1.41. The number of aromatic nitrogens is 1. The third-order valence-corrected chi connectivity index (χ3v) is 8.25. The number of rotatable bonds is 4. The number of nitrogens with zero attached hydrogens (tertiary/aromatic N) is 1. The van der Waals surface area contributed by atoms with Crippen LogP contribution in [0.2, 0.25) is 0 Å². The van der Waals surface area contributed by atoms with Gasteiger partial charge in [-0.3, -0.25) is 9.59 Å². The van der Waals surface area contributed by atoms with Crippen LogP contribution in [0.25, 0.3) is 10.6 Å². The monoisotopic (exact) mass is 382 g/mol.